The third-order valence-electron chi connectivity index (χ3n) is 2.14. The molecule has 1 aromatic carbocycles. The molecule has 0 unspecified atom stereocenters. The molecule has 0 fully saturated rings. The number of rotatable bonds is 0. The molecule has 2 N–H and O–H groups in total. The summed E-state index contributed by atoms with van der Waals surface area (Å²) >= 11 is 4.93. The Morgan fingerprint density at radius 1 is 1.21 bits per heavy atom. The van der Waals surface area contributed by atoms with Crippen LogP contribution in [0.15, 0.2) is 24.3 Å². The van der Waals surface area contributed by atoms with Gasteiger partial charge in [0.15, 0.2) is 5.65 Å². The van der Waals surface area contributed by atoms with E-state index < -0.39 is 0 Å². The van der Waals surface area contributed by atoms with Crippen molar-refractivity contribution in [3.8, 4) is 0 Å². The Kier molecular flexibility index (Phi) is 1.43. The fraction of sp³-hybridized carbons (Fsp3) is 0. The van der Waals surface area contributed by atoms with Crippen molar-refractivity contribution < 1.29 is 0 Å². The molecular weight excluding hydrogens is 196 g/mol. The van der Waals surface area contributed by atoms with Crippen LogP contribution in [0.2, 0.25) is 0 Å². The van der Waals surface area contributed by atoms with Gasteiger partial charge in [-0.25, -0.2) is 10.1 Å². The minimum Gasteiger partial charge on any atom is -0.336 e. The summed E-state index contributed by atoms with van der Waals surface area (Å²) < 4.78 is 0.405. The van der Waals surface area contributed by atoms with Crippen molar-refractivity contribution in [2.24, 2.45) is 0 Å². The van der Waals surface area contributed by atoms with Crippen molar-refractivity contribution in [2.75, 3.05) is 0 Å². The first-order valence-corrected chi connectivity index (χ1v) is 4.58. The lowest BCUT2D eigenvalue weighted by Gasteiger charge is -1.87. The molecule has 2 heterocycles. The van der Waals surface area contributed by atoms with Crippen LogP contribution < -0.4 is 0 Å². The van der Waals surface area contributed by atoms with Gasteiger partial charge in [-0.15, -0.1) is 0 Å². The van der Waals surface area contributed by atoms with E-state index in [0.717, 1.165) is 22.1 Å². The second-order valence-corrected chi connectivity index (χ2v) is 3.40. The quantitative estimate of drug-likeness (QED) is 0.549. The van der Waals surface area contributed by atoms with Gasteiger partial charge in [0.2, 0.25) is 4.77 Å². The lowest BCUT2D eigenvalue weighted by molar-refractivity contribution is 0.992. The summed E-state index contributed by atoms with van der Waals surface area (Å²) in [6, 6.07) is 7.92. The van der Waals surface area contributed by atoms with Gasteiger partial charge in [-0.3, -0.25) is 0 Å². The number of nitrogens with zero attached hydrogens (tertiary/aromatic N) is 2. The van der Waals surface area contributed by atoms with E-state index in [-0.39, 0.29) is 0 Å². The van der Waals surface area contributed by atoms with Crippen molar-refractivity contribution in [2.45, 2.75) is 0 Å². The first-order valence-electron chi connectivity index (χ1n) is 4.18. The van der Waals surface area contributed by atoms with Gasteiger partial charge >= 0.3 is 0 Å². The van der Waals surface area contributed by atoms with Gasteiger partial charge in [0.25, 0.3) is 0 Å². The van der Waals surface area contributed by atoms with Crippen LogP contribution in [0.5, 0.6) is 0 Å². The number of fused-ring (bicyclic) bond motifs is 3. The molecule has 68 valence electrons. The monoisotopic (exact) mass is 202 g/mol. The Morgan fingerprint density at radius 2 is 2.07 bits per heavy atom. The lowest BCUT2D eigenvalue weighted by Crippen LogP contribution is -1.86. The van der Waals surface area contributed by atoms with Crippen LogP contribution in [0.4, 0.5) is 0 Å². The largest absolute Gasteiger partial charge is 0.336 e. The van der Waals surface area contributed by atoms with E-state index in [2.05, 4.69) is 20.2 Å². The standard InChI is InChI=1S/C9H6N4S/c14-9-11-7-5-3-1-2-4-6(5)10-8(7)12-13-9/h1-4H,(H,10,12)(H,11,13,14). The summed E-state index contributed by atoms with van der Waals surface area (Å²) in [5.74, 6) is 0. The smallest absolute Gasteiger partial charge is 0.214 e. The number of aromatic amines is 2. The molecule has 5 heteroatoms. The van der Waals surface area contributed by atoms with E-state index in [9.17, 15) is 0 Å². The van der Waals surface area contributed by atoms with Crippen LogP contribution in [0, 0.1) is 4.77 Å². The van der Waals surface area contributed by atoms with Crippen molar-refractivity contribution >= 4 is 34.3 Å². The van der Waals surface area contributed by atoms with Crippen molar-refractivity contribution in [1.29, 1.82) is 0 Å². The third-order valence-corrected chi connectivity index (χ3v) is 2.32. The van der Waals surface area contributed by atoms with Gasteiger partial charge in [0.1, 0.15) is 5.52 Å². The van der Waals surface area contributed by atoms with Gasteiger partial charge in [0.05, 0.1) is 0 Å². The summed E-state index contributed by atoms with van der Waals surface area (Å²) in [5.41, 5.74) is 2.58. The molecule has 3 aromatic rings. The van der Waals surface area contributed by atoms with Gasteiger partial charge in [0, 0.05) is 10.9 Å². The predicted octanol–water partition coefficient (Wildman–Crippen LogP) is 2.17. The summed E-state index contributed by atoms with van der Waals surface area (Å²) in [5, 5.41) is 7.78. The van der Waals surface area contributed by atoms with Gasteiger partial charge < -0.3 is 4.98 Å². The van der Waals surface area contributed by atoms with E-state index in [1.54, 1.807) is 0 Å². The number of aromatic nitrogens is 4. The van der Waals surface area contributed by atoms with Crippen LogP contribution in [0.3, 0.4) is 0 Å². The summed E-state index contributed by atoms with van der Waals surface area (Å²) in [6.07, 6.45) is 0. The molecule has 0 saturated carbocycles. The Balaban J connectivity index is 2.65. The minimum atomic E-state index is 0.405. The summed E-state index contributed by atoms with van der Waals surface area (Å²) in [4.78, 5) is 7.38. The number of hydrogen-bond donors (Lipinski definition) is 2. The number of H-pyrrole nitrogens is 2. The minimum absolute atomic E-state index is 0.405. The first-order chi connectivity index (χ1) is 6.84. The molecule has 0 aliphatic heterocycles. The summed E-state index contributed by atoms with van der Waals surface area (Å²) in [6.45, 7) is 0. The number of nitrogens with one attached hydrogen (secondary N) is 2. The molecule has 2 aromatic heterocycles. The number of para-hydroxylation sites is 1. The Labute approximate surface area is 84.0 Å². The number of hydrogen-bond acceptors (Lipinski definition) is 3. The molecule has 0 saturated heterocycles. The van der Waals surface area contributed by atoms with E-state index in [4.69, 9.17) is 12.2 Å². The fourth-order valence-corrected chi connectivity index (χ4v) is 1.67. The molecular formula is C9H6N4S. The zero-order valence-corrected chi connectivity index (χ0v) is 7.93. The molecule has 0 spiro atoms. The average Bonchev–Trinajstić information content (AvgIpc) is 2.56. The molecule has 0 amide bonds. The summed E-state index contributed by atoms with van der Waals surface area (Å²) in [7, 11) is 0. The second kappa shape index (κ2) is 2.62. The average molecular weight is 202 g/mol. The second-order valence-electron chi connectivity index (χ2n) is 3.01. The van der Waals surface area contributed by atoms with E-state index in [0.29, 0.717) is 4.77 Å². The fourth-order valence-electron chi connectivity index (χ4n) is 1.54. The van der Waals surface area contributed by atoms with Crippen molar-refractivity contribution in [1.82, 2.24) is 20.2 Å². The van der Waals surface area contributed by atoms with Gasteiger partial charge in [-0.2, -0.15) is 5.10 Å². The van der Waals surface area contributed by atoms with E-state index in [1.807, 2.05) is 24.3 Å². The topological polar surface area (TPSA) is 57.4 Å². The van der Waals surface area contributed by atoms with Crippen molar-refractivity contribution in [3.63, 3.8) is 0 Å². The highest BCUT2D eigenvalue weighted by Gasteiger charge is 2.04. The van der Waals surface area contributed by atoms with Crippen LogP contribution in [-0.2, 0) is 0 Å². The van der Waals surface area contributed by atoms with E-state index in [1.165, 1.54) is 0 Å². The van der Waals surface area contributed by atoms with Gasteiger partial charge in [-0.05, 0) is 18.3 Å². The van der Waals surface area contributed by atoms with Crippen LogP contribution in [0.25, 0.3) is 22.1 Å². The Hall–Kier alpha value is -1.75. The highest BCUT2D eigenvalue weighted by Crippen LogP contribution is 2.20. The SMILES string of the molecule is S=c1nc2c(n[nH]1)[nH]c1ccccc12. The molecule has 3 rings (SSSR count). The molecule has 0 radical (unpaired) electrons. The number of benzene rings is 1. The highest BCUT2D eigenvalue weighted by molar-refractivity contribution is 7.71. The van der Waals surface area contributed by atoms with Crippen LogP contribution >= 0.6 is 12.2 Å². The van der Waals surface area contributed by atoms with Crippen LogP contribution in [-0.4, -0.2) is 20.2 Å². The third kappa shape index (κ3) is 0.958. The van der Waals surface area contributed by atoms with Crippen LogP contribution in [0.1, 0.15) is 0 Å². The molecule has 0 aliphatic rings. The molecule has 0 atom stereocenters. The molecule has 0 aliphatic carbocycles. The maximum absolute atomic E-state index is 4.93. The molecule has 4 nitrogen and oxygen atoms in total. The lowest BCUT2D eigenvalue weighted by atomic mass is 10.2. The van der Waals surface area contributed by atoms with Gasteiger partial charge in [-0.1, -0.05) is 18.2 Å². The Morgan fingerprint density at radius 3 is 3.00 bits per heavy atom. The van der Waals surface area contributed by atoms with E-state index >= 15 is 0 Å². The Bertz CT molecular complexity index is 667. The zero-order chi connectivity index (χ0) is 9.54. The first kappa shape index (κ1) is 7.64. The maximum atomic E-state index is 4.93. The highest BCUT2D eigenvalue weighted by atomic mass is 32.1. The maximum Gasteiger partial charge on any atom is 0.214 e. The normalized spacial score (nSPS) is 11.1. The molecule has 14 heavy (non-hydrogen) atoms. The zero-order valence-electron chi connectivity index (χ0n) is 7.11. The van der Waals surface area contributed by atoms with Crippen molar-refractivity contribution in [3.05, 3.63) is 29.0 Å². The molecule has 0 bridgehead atoms. The predicted molar refractivity (Wildman–Crippen MR) is 56.6 cm³/mol.